The predicted octanol–water partition coefficient (Wildman–Crippen LogP) is 2.60. The molecule has 0 radical (unpaired) electrons. The monoisotopic (exact) mass is 322 g/mol. The van der Waals surface area contributed by atoms with Gasteiger partial charge >= 0.3 is 0 Å². The van der Waals surface area contributed by atoms with Crippen LogP contribution in [0.25, 0.3) is 10.9 Å². The Kier molecular flexibility index (Phi) is 4.72. The largest absolute Gasteiger partial charge is 0.380 e. The van der Waals surface area contributed by atoms with Gasteiger partial charge in [-0.1, -0.05) is 42.5 Å². The second kappa shape index (κ2) is 7.10. The Hall–Kier alpha value is -2.92. The van der Waals surface area contributed by atoms with Gasteiger partial charge in [0, 0.05) is 30.6 Å². The van der Waals surface area contributed by atoms with Gasteiger partial charge in [0.1, 0.15) is 0 Å². The zero-order valence-corrected chi connectivity index (χ0v) is 13.3. The van der Waals surface area contributed by atoms with Crippen LogP contribution in [0.1, 0.15) is 21.5 Å². The second-order valence-corrected chi connectivity index (χ2v) is 5.48. The molecule has 1 heterocycles. The van der Waals surface area contributed by atoms with E-state index in [2.05, 4.69) is 10.3 Å². The number of nitrogens with one attached hydrogen (secondary N) is 2. The molecule has 0 fully saturated rings. The van der Waals surface area contributed by atoms with Gasteiger partial charge in [-0.2, -0.15) is 0 Å². The van der Waals surface area contributed by atoms with Crippen molar-refractivity contribution in [2.45, 2.75) is 13.2 Å². The highest BCUT2D eigenvalue weighted by atomic mass is 16.5. The van der Waals surface area contributed by atoms with Crippen LogP contribution in [-0.2, 0) is 17.9 Å². The van der Waals surface area contributed by atoms with Gasteiger partial charge in [0.2, 0.25) is 5.56 Å². The minimum atomic E-state index is -0.293. The molecule has 0 saturated carbocycles. The summed E-state index contributed by atoms with van der Waals surface area (Å²) < 4.78 is 5.18. The molecule has 0 aliphatic carbocycles. The minimum absolute atomic E-state index is 0.274. The summed E-state index contributed by atoms with van der Waals surface area (Å²) in [6.45, 7) is 0.861. The first-order valence-corrected chi connectivity index (χ1v) is 7.65. The van der Waals surface area contributed by atoms with Gasteiger partial charge in [0.25, 0.3) is 5.91 Å². The summed E-state index contributed by atoms with van der Waals surface area (Å²) in [5.74, 6) is -0.274. The number of methoxy groups -OCH3 is 1. The van der Waals surface area contributed by atoms with E-state index in [1.54, 1.807) is 13.2 Å². The maximum atomic E-state index is 12.6. The quantitative estimate of drug-likeness (QED) is 0.758. The van der Waals surface area contributed by atoms with Crippen molar-refractivity contribution in [2.24, 2.45) is 0 Å². The number of ether oxygens (including phenoxy) is 1. The average Bonchev–Trinajstić information content (AvgIpc) is 2.60. The summed E-state index contributed by atoms with van der Waals surface area (Å²) in [5.41, 5.74) is 2.74. The van der Waals surface area contributed by atoms with Crippen LogP contribution in [0.15, 0.2) is 59.4 Å². The molecule has 1 amide bonds. The van der Waals surface area contributed by atoms with E-state index in [0.29, 0.717) is 24.2 Å². The molecule has 5 heteroatoms. The predicted molar refractivity (Wildman–Crippen MR) is 92.9 cm³/mol. The lowest BCUT2D eigenvalue weighted by atomic mass is 10.1. The van der Waals surface area contributed by atoms with Gasteiger partial charge < -0.3 is 15.0 Å². The van der Waals surface area contributed by atoms with E-state index >= 15 is 0 Å². The first-order valence-electron chi connectivity index (χ1n) is 7.65. The molecule has 0 unspecified atom stereocenters. The third kappa shape index (κ3) is 3.36. The molecule has 0 saturated heterocycles. The molecule has 122 valence electrons. The van der Waals surface area contributed by atoms with Crippen molar-refractivity contribution in [3.05, 3.63) is 81.6 Å². The Morgan fingerprint density at radius 3 is 2.58 bits per heavy atom. The molecule has 0 bridgehead atoms. The fourth-order valence-electron chi connectivity index (χ4n) is 2.69. The SMILES string of the molecule is COCc1ccccc1CNC(=O)c1cc(=O)[nH]c2ccccc12. The van der Waals surface area contributed by atoms with Crippen molar-refractivity contribution in [3.8, 4) is 0 Å². The van der Waals surface area contributed by atoms with E-state index in [1.807, 2.05) is 42.5 Å². The molecule has 24 heavy (non-hydrogen) atoms. The van der Waals surface area contributed by atoms with Gasteiger partial charge in [-0.25, -0.2) is 0 Å². The molecule has 5 nitrogen and oxygen atoms in total. The van der Waals surface area contributed by atoms with E-state index in [-0.39, 0.29) is 11.5 Å². The Labute approximate surface area is 139 Å². The number of hydrogen-bond donors (Lipinski definition) is 2. The van der Waals surface area contributed by atoms with Crippen LogP contribution in [0.3, 0.4) is 0 Å². The van der Waals surface area contributed by atoms with Gasteiger partial charge in [0.15, 0.2) is 0 Å². The highest BCUT2D eigenvalue weighted by Gasteiger charge is 2.12. The summed E-state index contributed by atoms with van der Waals surface area (Å²) in [4.78, 5) is 27.1. The number of carbonyl (C=O) groups is 1. The number of aromatic amines is 1. The number of carbonyl (C=O) groups excluding carboxylic acids is 1. The Morgan fingerprint density at radius 1 is 1.08 bits per heavy atom. The summed E-state index contributed by atoms with van der Waals surface area (Å²) in [6.07, 6.45) is 0. The number of rotatable bonds is 5. The number of hydrogen-bond acceptors (Lipinski definition) is 3. The Bertz CT molecular complexity index is 931. The zero-order valence-electron chi connectivity index (χ0n) is 13.3. The smallest absolute Gasteiger partial charge is 0.252 e. The lowest BCUT2D eigenvalue weighted by Crippen LogP contribution is -2.25. The van der Waals surface area contributed by atoms with Crippen LogP contribution < -0.4 is 10.9 Å². The highest BCUT2D eigenvalue weighted by molar-refractivity contribution is 6.05. The Morgan fingerprint density at radius 2 is 1.79 bits per heavy atom. The lowest BCUT2D eigenvalue weighted by molar-refractivity contribution is 0.0952. The fraction of sp³-hybridized carbons (Fsp3) is 0.158. The van der Waals surface area contributed by atoms with E-state index in [4.69, 9.17) is 4.74 Å². The van der Waals surface area contributed by atoms with E-state index in [1.165, 1.54) is 6.07 Å². The van der Waals surface area contributed by atoms with Crippen LogP contribution in [-0.4, -0.2) is 18.0 Å². The number of pyridine rings is 1. The first-order chi connectivity index (χ1) is 11.7. The van der Waals surface area contributed by atoms with E-state index in [9.17, 15) is 9.59 Å². The van der Waals surface area contributed by atoms with Crippen molar-refractivity contribution < 1.29 is 9.53 Å². The van der Waals surface area contributed by atoms with Gasteiger partial charge in [-0.05, 0) is 17.2 Å². The second-order valence-electron chi connectivity index (χ2n) is 5.48. The average molecular weight is 322 g/mol. The molecule has 0 aliphatic heterocycles. The lowest BCUT2D eigenvalue weighted by Gasteiger charge is -2.11. The van der Waals surface area contributed by atoms with Crippen LogP contribution in [0, 0.1) is 0 Å². The highest BCUT2D eigenvalue weighted by Crippen LogP contribution is 2.15. The fourth-order valence-corrected chi connectivity index (χ4v) is 2.69. The summed E-state index contributed by atoms with van der Waals surface area (Å²) in [6, 6.07) is 16.4. The number of benzene rings is 2. The zero-order chi connectivity index (χ0) is 16.9. The molecule has 3 aromatic rings. The van der Waals surface area contributed by atoms with Gasteiger partial charge in [0.05, 0.1) is 12.2 Å². The van der Waals surface area contributed by atoms with Gasteiger partial charge in [-0.15, -0.1) is 0 Å². The standard InChI is InChI=1S/C19H18N2O3/c1-24-12-14-7-3-2-6-13(14)11-20-19(23)16-10-18(22)21-17-9-5-4-8-15(16)17/h2-10H,11-12H2,1H3,(H,20,23)(H,21,22). The van der Waals surface area contributed by atoms with Crippen LogP contribution in [0.4, 0.5) is 0 Å². The number of amides is 1. The molecule has 2 N–H and O–H groups in total. The number of H-pyrrole nitrogens is 1. The van der Waals surface area contributed by atoms with E-state index in [0.717, 1.165) is 16.5 Å². The first kappa shape index (κ1) is 16.0. The van der Waals surface area contributed by atoms with Crippen molar-refractivity contribution >= 4 is 16.8 Å². The molecular formula is C19H18N2O3. The summed E-state index contributed by atoms with van der Waals surface area (Å²) in [7, 11) is 1.64. The van der Waals surface area contributed by atoms with Crippen molar-refractivity contribution in [1.82, 2.24) is 10.3 Å². The van der Waals surface area contributed by atoms with Crippen molar-refractivity contribution in [1.29, 1.82) is 0 Å². The topological polar surface area (TPSA) is 71.2 Å². The molecule has 3 rings (SSSR count). The molecule has 0 atom stereocenters. The number of fused-ring (bicyclic) bond motifs is 1. The maximum Gasteiger partial charge on any atom is 0.252 e. The van der Waals surface area contributed by atoms with Crippen LogP contribution in [0.5, 0.6) is 0 Å². The minimum Gasteiger partial charge on any atom is -0.380 e. The normalized spacial score (nSPS) is 10.7. The Balaban J connectivity index is 1.85. The van der Waals surface area contributed by atoms with Crippen LogP contribution >= 0.6 is 0 Å². The third-order valence-electron chi connectivity index (χ3n) is 3.85. The van der Waals surface area contributed by atoms with Crippen molar-refractivity contribution in [3.63, 3.8) is 0 Å². The van der Waals surface area contributed by atoms with Gasteiger partial charge in [-0.3, -0.25) is 9.59 Å². The number of para-hydroxylation sites is 1. The van der Waals surface area contributed by atoms with E-state index < -0.39 is 0 Å². The molecule has 0 spiro atoms. The molecule has 1 aromatic heterocycles. The summed E-state index contributed by atoms with van der Waals surface area (Å²) >= 11 is 0. The molecule has 2 aromatic carbocycles. The summed E-state index contributed by atoms with van der Waals surface area (Å²) in [5, 5.41) is 3.61. The molecular weight excluding hydrogens is 304 g/mol. The third-order valence-corrected chi connectivity index (χ3v) is 3.85. The van der Waals surface area contributed by atoms with Crippen LogP contribution in [0.2, 0.25) is 0 Å². The van der Waals surface area contributed by atoms with Crippen molar-refractivity contribution in [2.75, 3.05) is 7.11 Å². The molecule has 0 aliphatic rings. The number of aromatic nitrogens is 1. The maximum absolute atomic E-state index is 12.6.